The summed E-state index contributed by atoms with van der Waals surface area (Å²) in [5, 5.41) is 8.85. The highest BCUT2D eigenvalue weighted by molar-refractivity contribution is 5.91. The van der Waals surface area contributed by atoms with Crippen molar-refractivity contribution in [1.29, 1.82) is 0 Å². The van der Waals surface area contributed by atoms with Gasteiger partial charge in [-0.1, -0.05) is 0 Å². The Labute approximate surface area is 52.9 Å². The summed E-state index contributed by atoms with van der Waals surface area (Å²) in [4.78, 5) is 10.6. The lowest BCUT2D eigenvalue weighted by Crippen LogP contribution is -2.11. The maximum Gasteiger partial charge on any atom is 0.336 e. The molecule has 0 aromatic heterocycles. The second-order valence-corrected chi connectivity index (χ2v) is 1.93. The molecule has 3 heteroatoms. The molecule has 0 unspecified atom stereocenters. The molecule has 1 aliphatic heterocycles. The van der Waals surface area contributed by atoms with E-state index in [1.807, 2.05) is 0 Å². The monoisotopic (exact) mass is 128 g/mol. The summed E-state index contributed by atoms with van der Waals surface area (Å²) in [6.45, 7) is 1.84. The molecule has 0 bridgehead atoms. The highest BCUT2D eigenvalue weighted by atomic mass is 16.5. The lowest BCUT2D eigenvalue weighted by atomic mass is 10.2. The molecule has 0 spiro atoms. The van der Waals surface area contributed by atoms with Crippen LogP contribution >= 0.6 is 0 Å². The molecule has 0 aromatic carbocycles. The standard InChI is InChI=1S/C6H8O3/c1-4(7)5-2-3-9-6(5)8/h2,4,7H,3H2,1H3/t4-/m1/s1. The van der Waals surface area contributed by atoms with E-state index in [1.54, 1.807) is 13.0 Å². The first kappa shape index (κ1) is 6.29. The quantitative estimate of drug-likeness (QED) is 0.499. The minimum atomic E-state index is -0.694. The lowest BCUT2D eigenvalue weighted by molar-refractivity contribution is -0.136. The molecule has 0 fully saturated rings. The van der Waals surface area contributed by atoms with Crippen LogP contribution in [0.15, 0.2) is 11.6 Å². The SMILES string of the molecule is C[C@@H](O)C1=CCOC1=O. The first-order valence-electron chi connectivity index (χ1n) is 2.77. The van der Waals surface area contributed by atoms with Gasteiger partial charge in [-0.05, 0) is 13.0 Å². The Morgan fingerprint density at radius 2 is 2.56 bits per heavy atom. The number of aliphatic hydroxyl groups is 1. The Bertz CT molecular complexity index is 158. The van der Waals surface area contributed by atoms with E-state index in [0.717, 1.165) is 0 Å². The van der Waals surface area contributed by atoms with Crippen molar-refractivity contribution in [2.45, 2.75) is 13.0 Å². The number of carbonyl (C=O) groups excluding carboxylic acids is 1. The minimum absolute atomic E-state index is 0.305. The zero-order valence-electron chi connectivity index (χ0n) is 5.13. The molecule has 3 nitrogen and oxygen atoms in total. The predicted octanol–water partition coefficient (Wildman–Crippen LogP) is -0.150. The van der Waals surface area contributed by atoms with Gasteiger partial charge in [0.05, 0.1) is 11.7 Å². The Kier molecular flexibility index (Phi) is 1.53. The van der Waals surface area contributed by atoms with Crippen LogP contribution in [-0.2, 0) is 9.53 Å². The van der Waals surface area contributed by atoms with Gasteiger partial charge in [-0.15, -0.1) is 0 Å². The van der Waals surface area contributed by atoms with E-state index in [-0.39, 0.29) is 0 Å². The van der Waals surface area contributed by atoms with E-state index in [0.29, 0.717) is 12.2 Å². The van der Waals surface area contributed by atoms with E-state index >= 15 is 0 Å². The molecule has 0 saturated carbocycles. The number of aliphatic hydroxyl groups excluding tert-OH is 1. The number of esters is 1. The van der Waals surface area contributed by atoms with Crippen molar-refractivity contribution in [1.82, 2.24) is 0 Å². The summed E-state index contributed by atoms with van der Waals surface area (Å²) in [6.07, 6.45) is 0.896. The highest BCUT2D eigenvalue weighted by Crippen LogP contribution is 2.09. The summed E-state index contributed by atoms with van der Waals surface area (Å²) >= 11 is 0. The first-order valence-corrected chi connectivity index (χ1v) is 2.77. The normalized spacial score (nSPS) is 21.1. The van der Waals surface area contributed by atoms with Crippen LogP contribution in [0.5, 0.6) is 0 Å². The number of carbonyl (C=O) groups is 1. The number of hydrogen-bond donors (Lipinski definition) is 1. The van der Waals surface area contributed by atoms with E-state index in [2.05, 4.69) is 4.74 Å². The topological polar surface area (TPSA) is 46.5 Å². The molecule has 9 heavy (non-hydrogen) atoms. The van der Waals surface area contributed by atoms with Gasteiger partial charge in [-0.3, -0.25) is 0 Å². The smallest absolute Gasteiger partial charge is 0.336 e. The van der Waals surface area contributed by atoms with E-state index < -0.39 is 12.1 Å². The maximum atomic E-state index is 10.6. The van der Waals surface area contributed by atoms with Crippen molar-refractivity contribution in [3.63, 3.8) is 0 Å². The molecule has 1 N–H and O–H groups in total. The largest absolute Gasteiger partial charge is 0.458 e. The zero-order valence-corrected chi connectivity index (χ0v) is 5.13. The summed E-state index contributed by atoms with van der Waals surface area (Å²) in [6, 6.07) is 0. The summed E-state index contributed by atoms with van der Waals surface area (Å²) in [5.41, 5.74) is 0.370. The number of ether oxygens (including phenoxy) is 1. The van der Waals surface area contributed by atoms with Crippen LogP contribution in [0.4, 0.5) is 0 Å². The van der Waals surface area contributed by atoms with Gasteiger partial charge in [0.1, 0.15) is 6.61 Å². The summed E-state index contributed by atoms with van der Waals surface area (Å²) in [7, 11) is 0. The van der Waals surface area contributed by atoms with Crippen molar-refractivity contribution in [2.75, 3.05) is 6.61 Å². The van der Waals surface area contributed by atoms with Crippen LogP contribution in [0, 0.1) is 0 Å². The third kappa shape index (κ3) is 1.10. The predicted molar refractivity (Wildman–Crippen MR) is 30.7 cm³/mol. The van der Waals surface area contributed by atoms with Crippen LogP contribution in [0.1, 0.15) is 6.92 Å². The van der Waals surface area contributed by atoms with Crippen LogP contribution < -0.4 is 0 Å². The molecule has 0 amide bonds. The molecule has 50 valence electrons. The Hall–Kier alpha value is -0.830. The van der Waals surface area contributed by atoms with Crippen molar-refractivity contribution in [3.8, 4) is 0 Å². The number of rotatable bonds is 1. The van der Waals surface area contributed by atoms with Crippen LogP contribution in [0.25, 0.3) is 0 Å². The van der Waals surface area contributed by atoms with Gasteiger partial charge in [-0.2, -0.15) is 0 Å². The average Bonchev–Trinajstić information content (AvgIpc) is 2.13. The van der Waals surface area contributed by atoms with Crippen molar-refractivity contribution in [3.05, 3.63) is 11.6 Å². The van der Waals surface area contributed by atoms with Crippen LogP contribution in [0.3, 0.4) is 0 Å². The van der Waals surface area contributed by atoms with Crippen molar-refractivity contribution in [2.24, 2.45) is 0 Å². The van der Waals surface area contributed by atoms with E-state index in [1.165, 1.54) is 0 Å². The molecule has 1 aliphatic rings. The van der Waals surface area contributed by atoms with E-state index in [9.17, 15) is 4.79 Å². The Morgan fingerprint density at radius 1 is 1.89 bits per heavy atom. The Morgan fingerprint density at radius 3 is 2.78 bits per heavy atom. The molecule has 0 aliphatic carbocycles. The highest BCUT2D eigenvalue weighted by Gasteiger charge is 2.20. The maximum absolute atomic E-state index is 10.6. The van der Waals surface area contributed by atoms with Gasteiger partial charge in [-0.25, -0.2) is 4.79 Å². The summed E-state index contributed by atoms with van der Waals surface area (Å²) < 4.78 is 4.54. The third-order valence-electron chi connectivity index (χ3n) is 1.20. The van der Waals surface area contributed by atoms with Gasteiger partial charge >= 0.3 is 5.97 Å². The third-order valence-corrected chi connectivity index (χ3v) is 1.20. The van der Waals surface area contributed by atoms with Gasteiger partial charge in [0.15, 0.2) is 0 Å². The molecule has 1 rings (SSSR count). The first-order chi connectivity index (χ1) is 4.22. The average molecular weight is 128 g/mol. The number of hydrogen-bond acceptors (Lipinski definition) is 3. The van der Waals surface area contributed by atoms with Gasteiger partial charge in [0, 0.05) is 0 Å². The molecular weight excluding hydrogens is 120 g/mol. The van der Waals surface area contributed by atoms with Gasteiger partial charge < -0.3 is 9.84 Å². The van der Waals surface area contributed by atoms with Crippen molar-refractivity contribution >= 4 is 5.97 Å². The van der Waals surface area contributed by atoms with Crippen molar-refractivity contribution < 1.29 is 14.6 Å². The fourth-order valence-electron chi connectivity index (χ4n) is 0.715. The molecule has 0 saturated heterocycles. The second-order valence-electron chi connectivity index (χ2n) is 1.93. The minimum Gasteiger partial charge on any atom is -0.458 e. The fraction of sp³-hybridized carbons (Fsp3) is 0.500. The molecule has 1 atom stereocenters. The fourth-order valence-corrected chi connectivity index (χ4v) is 0.715. The second kappa shape index (κ2) is 2.19. The molecule has 1 heterocycles. The molecule has 0 radical (unpaired) electrons. The van der Waals surface area contributed by atoms with Gasteiger partial charge in [0.25, 0.3) is 0 Å². The van der Waals surface area contributed by atoms with E-state index in [4.69, 9.17) is 5.11 Å². The molecular formula is C6H8O3. The van der Waals surface area contributed by atoms with Crippen LogP contribution in [0.2, 0.25) is 0 Å². The zero-order chi connectivity index (χ0) is 6.85. The van der Waals surface area contributed by atoms with Crippen LogP contribution in [-0.4, -0.2) is 23.8 Å². The Balaban J connectivity index is 2.68. The molecule has 0 aromatic rings. The lowest BCUT2D eigenvalue weighted by Gasteiger charge is -1.99. The number of cyclic esters (lactones) is 1. The van der Waals surface area contributed by atoms with Gasteiger partial charge in [0.2, 0.25) is 0 Å². The summed E-state index contributed by atoms with van der Waals surface area (Å²) in [5.74, 6) is -0.398.